The maximum atomic E-state index is 11.9. The van der Waals surface area contributed by atoms with Crippen LogP contribution in [0.1, 0.15) is 35.3 Å². The second kappa shape index (κ2) is 7.50. The molecule has 5 heteroatoms. The molecule has 0 bridgehead atoms. The summed E-state index contributed by atoms with van der Waals surface area (Å²) >= 11 is 0. The summed E-state index contributed by atoms with van der Waals surface area (Å²) in [7, 11) is 6.69. The molecule has 0 N–H and O–H groups in total. The van der Waals surface area contributed by atoms with Crippen molar-refractivity contribution in [2.24, 2.45) is 0 Å². The van der Waals surface area contributed by atoms with Gasteiger partial charge in [0.15, 0.2) is 17.2 Å². The minimum Gasteiger partial charge on any atom is -0.493 e. The second-order valence-corrected chi connectivity index (χ2v) is 7.24. The van der Waals surface area contributed by atoms with E-state index in [1.54, 1.807) is 20.3 Å². The van der Waals surface area contributed by atoms with E-state index in [-0.39, 0.29) is 11.4 Å². The summed E-state index contributed by atoms with van der Waals surface area (Å²) in [5.41, 5.74) is 4.66. The van der Waals surface area contributed by atoms with Crippen molar-refractivity contribution in [3.05, 3.63) is 59.2 Å². The standard InChI is InChI=1S/C23H26NO4/c1-23(2)17-14-16(22(25)28-6)9-10-18(17)24(3)21(23)12-8-15-7-11-19(26-4)20(13-15)27-5/h7-14H,1-6H3/q+1/b12-8+. The Labute approximate surface area is 165 Å². The lowest BCUT2D eigenvalue weighted by Crippen LogP contribution is -2.26. The van der Waals surface area contributed by atoms with Gasteiger partial charge in [0.25, 0.3) is 0 Å². The molecule has 0 unspecified atom stereocenters. The summed E-state index contributed by atoms with van der Waals surface area (Å²) in [5.74, 6) is 1.07. The highest BCUT2D eigenvalue weighted by Crippen LogP contribution is 2.40. The van der Waals surface area contributed by atoms with Crippen molar-refractivity contribution >= 4 is 23.4 Å². The fraction of sp³-hybridized carbons (Fsp3) is 0.304. The van der Waals surface area contributed by atoms with E-state index >= 15 is 0 Å². The average Bonchev–Trinajstić information content (AvgIpc) is 2.90. The van der Waals surface area contributed by atoms with Crippen molar-refractivity contribution in [1.82, 2.24) is 0 Å². The molecule has 0 saturated carbocycles. The second-order valence-electron chi connectivity index (χ2n) is 7.24. The number of esters is 1. The number of ether oxygens (including phenoxy) is 3. The largest absolute Gasteiger partial charge is 0.493 e. The van der Waals surface area contributed by atoms with Crippen LogP contribution < -0.4 is 9.47 Å². The Morgan fingerprint density at radius 3 is 2.32 bits per heavy atom. The van der Waals surface area contributed by atoms with Crippen molar-refractivity contribution in [2.45, 2.75) is 19.3 Å². The van der Waals surface area contributed by atoms with Crippen LogP contribution in [0.4, 0.5) is 5.69 Å². The summed E-state index contributed by atoms with van der Waals surface area (Å²) in [5, 5.41) is 0. The van der Waals surface area contributed by atoms with Gasteiger partial charge in [0.2, 0.25) is 5.69 Å². The van der Waals surface area contributed by atoms with E-state index in [1.807, 2.05) is 37.4 Å². The van der Waals surface area contributed by atoms with Crippen LogP contribution in [0.25, 0.3) is 6.08 Å². The van der Waals surface area contributed by atoms with E-state index in [0.717, 1.165) is 22.5 Å². The fourth-order valence-corrected chi connectivity index (χ4v) is 3.71. The van der Waals surface area contributed by atoms with Crippen LogP contribution in [0, 0.1) is 0 Å². The number of rotatable bonds is 5. The van der Waals surface area contributed by atoms with Crippen LogP contribution >= 0.6 is 0 Å². The Morgan fingerprint density at radius 2 is 1.68 bits per heavy atom. The number of carbonyl (C=O) groups excluding carboxylic acids is 1. The van der Waals surface area contributed by atoms with E-state index in [4.69, 9.17) is 14.2 Å². The topological polar surface area (TPSA) is 47.8 Å². The third-order valence-electron chi connectivity index (χ3n) is 5.30. The van der Waals surface area contributed by atoms with E-state index in [2.05, 4.69) is 30.6 Å². The third-order valence-corrected chi connectivity index (χ3v) is 5.30. The van der Waals surface area contributed by atoms with Gasteiger partial charge >= 0.3 is 5.97 Å². The van der Waals surface area contributed by atoms with Gasteiger partial charge in [-0.15, -0.1) is 0 Å². The van der Waals surface area contributed by atoms with Crippen LogP contribution in [0.3, 0.4) is 0 Å². The molecule has 28 heavy (non-hydrogen) atoms. The zero-order chi connectivity index (χ0) is 20.5. The molecule has 0 aromatic heterocycles. The van der Waals surface area contributed by atoms with Crippen LogP contribution in [-0.2, 0) is 10.2 Å². The predicted octanol–water partition coefficient (Wildman–Crippen LogP) is 4.21. The molecule has 0 spiro atoms. The van der Waals surface area contributed by atoms with Gasteiger partial charge in [0, 0.05) is 17.7 Å². The SMILES string of the molecule is COC(=O)c1ccc2c(c1)C(C)(C)C(/C=C/c1ccc(OC)c(OC)c1)=[N+]2C. The smallest absolute Gasteiger partial charge is 0.337 e. The maximum absolute atomic E-state index is 11.9. The number of benzene rings is 2. The quantitative estimate of drug-likeness (QED) is 0.576. The van der Waals surface area contributed by atoms with Crippen LogP contribution in [0.15, 0.2) is 42.5 Å². The molecule has 0 saturated heterocycles. The van der Waals surface area contributed by atoms with Crippen LogP contribution in [-0.4, -0.2) is 44.6 Å². The molecule has 3 rings (SSSR count). The average molecular weight is 380 g/mol. The molecule has 0 fully saturated rings. The predicted molar refractivity (Wildman–Crippen MR) is 110 cm³/mol. The highest BCUT2D eigenvalue weighted by atomic mass is 16.5. The number of fused-ring (bicyclic) bond motifs is 1. The lowest BCUT2D eigenvalue weighted by molar-refractivity contribution is -0.401. The first-order chi connectivity index (χ1) is 13.3. The number of methoxy groups -OCH3 is 3. The lowest BCUT2D eigenvalue weighted by atomic mass is 9.80. The zero-order valence-corrected chi connectivity index (χ0v) is 17.2. The molecule has 2 aromatic carbocycles. The molecule has 1 aliphatic heterocycles. The fourth-order valence-electron chi connectivity index (χ4n) is 3.71. The minimum absolute atomic E-state index is 0.249. The molecule has 5 nitrogen and oxygen atoms in total. The summed E-state index contributed by atoms with van der Waals surface area (Å²) < 4.78 is 17.7. The van der Waals surface area contributed by atoms with Crippen molar-refractivity contribution < 1.29 is 23.6 Å². The van der Waals surface area contributed by atoms with Gasteiger partial charge in [-0.25, -0.2) is 4.79 Å². The summed E-state index contributed by atoms with van der Waals surface area (Å²) in [6, 6.07) is 11.5. The Balaban J connectivity index is 1.97. The van der Waals surface area contributed by atoms with Gasteiger partial charge in [0.05, 0.1) is 32.3 Å². The van der Waals surface area contributed by atoms with Gasteiger partial charge in [0.1, 0.15) is 7.05 Å². The highest BCUT2D eigenvalue weighted by Gasteiger charge is 2.43. The molecule has 0 atom stereocenters. The Kier molecular flexibility index (Phi) is 5.27. The molecular weight excluding hydrogens is 354 g/mol. The van der Waals surface area contributed by atoms with E-state index in [0.29, 0.717) is 17.1 Å². The minimum atomic E-state index is -0.324. The van der Waals surface area contributed by atoms with Crippen molar-refractivity contribution in [3.63, 3.8) is 0 Å². The van der Waals surface area contributed by atoms with Crippen molar-refractivity contribution in [3.8, 4) is 11.5 Å². The molecule has 0 radical (unpaired) electrons. The summed E-state index contributed by atoms with van der Waals surface area (Å²) in [4.78, 5) is 11.9. The first kappa shape index (κ1) is 19.7. The van der Waals surface area contributed by atoms with Gasteiger partial charge < -0.3 is 14.2 Å². The maximum Gasteiger partial charge on any atom is 0.337 e. The zero-order valence-electron chi connectivity index (χ0n) is 17.2. The van der Waals surface area contributed by atoms with Crippen LogP contribution in [0.5, 0.6) is 11.5 Å². The van der Waals surface area contributed by atoms with Gasteiger partial charge in [-0.3, -0.25) is 0 Å². The number of carbonyl (C=O) groups is 1. The Morgan fingerprint density at radius 1 is 0.964 bits per heavy atom. The molecule has 1 heterocycles. The van der Waals surface area contributed by atoms with E-state index in [9.17, 15) is 4.79 Å². The Hall–Kier alpha value is -3.08. The number of hydrogen-bond acceptors (Lipinski definition) is 4. The molecular formula is C23H26NO4+. The number of hydrogen-bond donors (Lipinski definition) is 0. The van der Waals surface area contributed by atoms with Crippen LogP contribution in [0.2, 0.25) is 0 Å². The normalized spacial score (nSPS) is 14.9. The molecule has 0 aliphatic carbocycles. The number of allylic oxidation sites excluding steroid dienone is 1. The molecule has 2 aromatic rings. The summed E-state index contributed by atoms with van der Waals surface area (Å²) in [6.07, 6.45) is 4.17. The van der Waals surface area contributed by atoms with Crippen molar-refractivity contribution in [1.29, 1.82) is 0 Å². The Bertz CT molecular complexity index is 986. The molecule has 1 aliphatic rings. The monoisotopic (exact) mass is 380 g/mol. The third kappa shape index (κ3) is 3.28. The number of nitrogens with zero attached hydrogens (tertiary/aromatic N) is 1. The molecule has 146 valence electrons. The first-order valence-corrected chi connectivity index (χ1v) is 9.07. The highest BCUT2D eigenvalue weighted by molar-refractivity contribution is 6.06. The van der Waals surface area contributed by atoms with E-state index < -0.39 is 0 Å². The summed E-state index contributed by atoms with van der Waals surface area (Å²) in [6.45, 7) is 4.31. The lowest BCUT2D eigenvalue weighted by Gasteiger charge is -2.16. The molecule has 0 amide bonds. The van der Waals surface area contributed by atoms with Crippen molar-refractivity contribution in [2.75, 3.05) is 28.4 Å². The van der Waals surface area contributed by atoms with Gasteiger partial charge in [-0.05, 0) is 49.8 Å². The van der Waals surface area contributed by atoms with E-state index in [1.165, 1.54) is 7.11 Å². The first-order valence-electron chi connectivity index (χ1n) is 9.07. The van der Waals surface area contributed by atoms with Gasteiger partial charge in [-0.2, -0.15) is 4.58 Å². The van der Waals surface area contributed by atoms with Gasteiger partial charge in [-0.1, -0.05) is 6.07 Å².